The normalized spacial score (nSPS) is 21.2. The second kappa shape index (κ2) is 22.4. The Bertz CT molecular complexity index is 2560. The number of likely N-dealkylation sites (N-methyl/N-ethyl adjacent to an activating group) is 1. The van der Waals surface area contributed by atoms with Crippen LogP contribution in [0, 0.1) is 17.3 Å². The number of aromatic nitrogens is 2. The van der Waals surface area contributed by atoms with E-state index in [1.54, 1.807) is 45.2 Å². The number of cyclic esters (lactones) is 1. The number of amides is 4. The summed E-state index contributed by atoms with van der Waals surface area (Å²) in [6.45, 7) is 13.9. The van der Waals surface area contributed by atoms with Gasteiger partial charge in [-0.25, -0.2) is 5.01 Å². The van der Waals surface area contributed by atoms with Gasteiger partial charge >= 0.3 is 5.97 Å². The smallest absolute Gasteiger partial charge is 0.305 e. The maximum Gasteiger partial charge on any atom is 0.305 e. The van der Waals surface area contributed by atoms with Gasteiger partial charge in [-0.05, 0) is 123 Å². The number of fused-ring (bicyclic) bond motifs is 4. The van der Waals surface area contributed by atoms with Crippen LogP contribution in [0.4, 0.5) is 4.48 Å². The maximum atomic E-state index is 14.7. The van der Waals surface area contributed by atoms with Crippen molar-refractivity contribution < 1.29 is 43.0 Å². The molecular weight excluding hydrogens is 896 g/mol. The minimum atomic E-state index is -1.36. The highest BCUT2D eigenvalue weighted by Gasteiger charge is 2.40. The number of phenols is 1. The van der Waals surface area contributed by atoms with Gasteiger partial charge < -0.3 is 39.6 Å². The Kier molecular flexibility index (Phi) is 16.7. The van der Waals surface area contributed by atoms with E-state index in [2.05, 4.69) is 54.2 Å². The molecule has 3 aliphatic rings. The highest BCUT2D eigenvalue weighted by Crippen LogP contribution is 2.42. The number of phenolic OH excluding ortho intramolecular Hbond substituents is 1. The van der Waals surface area contributed by atoms with Gasteiger partial charge in [0.2, 0.25) is 17.7 Å². The number of hydrogen-bond acceptors (Lipinski definition) is 11. The summed E-state index contributed by atoms with van der Waals surface area (Å²) in [5.74, 6) is -3.11. The molecule has 5 heterocycles. The third-order valence-electron chi connectivity index (χ3n) is 14.2. The Morgan fingerprint density at radius 1 is 1.04 bits per heavy atom. The average molecular weight is 967 g/mol. The second-order valence-electron chi connectivity index (χ2n) is 20.4. The lowest BCUT2D eigenvalue weighted by atomic mass is 9.84. The predicted molar refractivity (Wildman–Crippen MR) is 264 cm³/mol. The van der Waals surface area contributed by atoms with E-state index in [9.17, 15) is 33.6 Å². The Labute approximate surface area is 410 Å². The van der Waals surface area contributed by atoms with E-state index in [1.165, 1.54) is 16.6 Å². The number of halogens is 1. The van der Waals surface area contributed by atoms with Crippen LogP contribution in [0.1, 0.15) is 103 Å². The van der Waals surface area contributed by atoms with Crippen LogP contribution in [0.15, 0.2) is 54.7 Å². The molecule has 378 valence electrons. The number of hydrogen-bond donors (Lipinski definition) is 4. The minimum Gasteiger partial charge on any atom is -0.508 e. The molecule has 7 rings (SSSR count). The molecule has 70 heavy (non-hydrogen) atoms. The fourth-order valence-electron chi connectivity index (χ4n) is 10.6. The molecule has 0 spiro atoms. The summed E-state index contributed by atoms with van der Waals surface area (Å²) in [5.41, 5.74) is 7.57. The van der Waals surface area contributed by atoms with E-state index in [0.717, 1.165) is 63.4 Å². The summed E-state index contributed by atoms with van der Waals surface area (Å²) in [6.07, 6.45) is 4.53. The molecule has 1 unspecified atom stereocenters. The lowest BCUT2D eigenvalue weighted by Gasteiger charge is -2.34. The first-order valence-electron chi connectivity index (χ1n) is 24.8. The zero-order chi connectivity index (χ0) is 50.4. The van der Waals surface area contributed by atoms with Crippen LogP contribution in [-0.4, -0.2) is 124 Å². The molecule has 0 radical (unpaired) electrons. The molecular formula is C53H71FN8O8. The fourth-order valence-corrected chi connectivity index (χ4v) is 10.6. The van der Waals surface area contributed by atoms with Crippen LogP contribution < -0.4 is 16.3 Å². The van der Waals surface area contributed by atoms with Gasteiger partial charge in [-0.15, -0.1) is 4.48 Å². The van der Waals surface area contributed by atoms with Gasteiger partial charge in [0.15, 0.2) is 0 Å². The average Bonchev–Trinajstić information content (AvgIpc) is 4.12. The fraction of sp³-hybridized carbons (Fsp3) is 0.547. The van der Waals surface area contributed by atoms with E-state index in [1.807, 2.05) is 25.1 Å². The van der Waals surface area contributed by atoms with E-state index in [-0.39, 0.29) is 68.7 Å². The Balaban J connectivity index is 1.26. The van der Waals surface area contributed by atoms with Gasteiger partial charge in [0.05, 0.1) is 36.1 Å². The van der Waals surface area contributed by atoms with Crippen LogP contribution >= 0.6 is 0 Å². The van der Waals surface area contributed by atoms with E-state index < -0.39 is 47.1 Å². The number of methoxy groups -OCH3 is 1. The first kappa shape index (κ1) is 51.9. The van der Waals surface area contributed by atoms with Gasteiger partial charge in [0, 0.05) is 81.3 Å². The molecule has 16 nitrogen and oxygen atoms in total. The van der Waals surface area contributed by atoms with Crippen LogP contribution in [0.2, 0.25) is 0 Å². The zero-order valence-electron chi connectivity index (χ0n) is 42.0. The van der Waals surface area contributed by atoms with Gasteiger partial charge in [0.25, 0.3) is 5.91 Å². The van der Waals surface area contributed by atoms with E-state index in [0.29, 0.717) is 43.5 Å². The summed E-state index contributed by atoms with van der Waals surface area (Å²) < 4.78 is 28.7. The molecule has 2 aromatic carbocycles. The standard InChI is InChI=1S/C53H71FN8O8/c1-9-61-44-18-17-35-28-40(44)41(48(61)39-14-12-21-56-46(39)33(4)69-8)29-53(5,6)31-70-45(64)16-10-11-22-62(58-54)52(68)43(26-34-24-37(35)27-38(63)25-34)57-49(65)47(32(2)3)59(7)50(66)36-19-23-60(30-36)51(67)42-15-13-20-55-42/h12,14,17-18,21,24-25,27-28,32-33,36,42-43,47,55,58,63H,9-11,13,15-16,19-20,22-23,26,29-31H2,1-8H3,(H,57,65)/t33-,36-,42+,43-,47?/m0/s1. The number of carbonyl (C=O) groups is 5. The number of aromatic hydroxyl groups is 1. The SMILES string of the molecule is CCn1c(-c2cccnc2[C@H](C)OC)c2c3cc(ccc31)-c1cc(O)cc(c1)C[C@H](NC(=O)C(C(C)C)N(C)C(=O)[C@H]1CCN(C(=O)[C@H]3CCCN3)C1)C(=O)N(NF)CCCCC(=O)OCC(C)(C)C2. The quantitative estimate of drug-likeness (QED) is 0.0959. The van der Waals surface area contributed by atoms with Crippen molar-refractivity contribution in [3.63, 3.8) is 0 Å². The van der Waals surface area contributed by atoms with E-state index in [4.69, 9.17) is 14.5 Å². The molecule has 5 atom stereocenters. The first-order chi connectivity index (χ1) is 33.4. The molecule has 4 aromatic rings. The Morgan fingerprint density at radius 2 is 1.83 bits per heavy atom. The highest BCUT2D eigenvalue weighted by molar-refractivity contribution is 5.96. The summed E-state index contributed by atoms with van der Waals surface area (Å²) in [6, 6.07) is 12.5. The summed E-state index contributed by atoms with van der Waals surface area (Å²) >= 11 is 0. The Hall–Kier alpha value is -5.91. The van der Waals surface area contributed by atoms with Crippen LogP contribution in [0.5, 0.6) is 5.75 Å². The summed E-state index contributed by atoms with van der Waals surface area (Å²) in [4.78, 5) is 77.4. The van der Waals surface area contributed by atoms with Gasteiger partial charge in [-0.3, -0.25) is 29.0 Å². The van der Waals surface area contributed by atoms with Crippen molar-refractivity contribution >= 4 is 40.5 Å². The van der Waals surface area contributed by atoms with Crippen molar-refractivity contribution in [3.05, 3.63) is 71.5 Å². The van der Waals surface area contributed by atoms with Gasteiger partial charge in [-0.2, -0.15) is 0 Å². The van der Waals surface area contributed by atoms with E-state index >= 15 is 0 Å². The third-order valence-corrected chi connectivity index (χ3v) is 14.2. The number of rotatable bonds is 11. The molecule has 0 aliphatic carbocycles. The highest BCUT2D eigenvalue weighted by atomic mass is 19.2. The number of nitrogens with one attached hydrogen (secondary N) is 3. The number of esters is 1. The summed E-state index contributed by atoms with van der Waals surface area (Å²) in [7, 11) is 3.22. The second-order valence-corrected chi connectivity index (χ2v) is 20.4. The van der Waals surface area contributed by atoms with Crippen molar-refractivity contribution in [2.45, 2.75) is 124 Å². The molecule has 17 heteroatoms. The number of likely N-dealkylation sites (tertiary alicyclic amines) is 1. The minimum absolute atomic E-state index is 0.0170. The lowest BCUT2D eigenvalue weighted by Crippen LogP contribution is -2.58. The molecule has 2 fully saturated rings. The molecule has 3 aliphatic heterocycles. The van der Waals surface area contributed by atoms with Gasteiger partial charge in [-0.1, -0.05) is 45.5 Å². The number of nitrogens with zero attached hydrogens (tertiary/aromatic N) is 5. The molecule has 2 aromatic heterocycles. The summed E-state index contributed by atoms with van der Waals surface area (Å²) in [5, 5.41) is 19.2. The Morgan fingerprint density at radius 3 is 2.53 bits per heavy atom. The van der Waals surface area contributed by atoms with Crippen molar-refractivity contribution in [1.82, 2.24) is 40.6 Å². The number of benzene rings is 2. The van der Waals surface area contributed by atoms with Crippen molar-refractivity contribution in [2.24, 2.45) is 17.3 Å². The molecule has 4 bridgehead atoms. The molecule has 0 saturated carbocycles. The molecule has 4 amide bonds. The monoisotopic (exact) mass is 967 g/mol. The topological polar surface area (TPSA) is 188 Å². The zero-order valence-corrected chi connectivity index (χ0v) is 42.0. The number of pyridine rings is 1. The molecule has 2 saturated heterocycles. The lowest BCUT2D eigenvalue weighted by molar-refractivity contribution is -0.147. The van der Waals surface area contributed by atoms with Crippen LogP contribution in [0.3, 0.4) is 0 Å². The number of ether oxygens (including phenoxy) is 2. The van der Waals surface area contributed by atoms with Crippen LogP contribution in [0.25, 0.3) is 33.3 Å². The van der Waals surface area contributed by atoms with Gasteiger partial charge in [0.1, 0.15) is 17.8 Å². The predicted octanol–water partition coefficient (Wildman–Crippen LogP) is 6.43. The largest absolute Gasteiger partial charge is 0.508 e. The maximum absolute atomic E-state index is 14.7. The van der Waals surface area contributed by atoms with Crippen molar-refractivity contribution in [1.29, 1.82) is 0 Å². The van der Waals surface area contributed by atoms with Crippen molar-refractivity contribution in [3.8, 4) is 28.1 Å². The number of carbonyl (C=O) groups excluding carboxylic acids is 5. The van der Waals surface area contributed by atoms with Crippen molar-refractivity contribution in [2.75, 3.05) is 46.9 Å². The first-order valence-corrected chi connectivity index (χ1v) is 24.8. The third kappa shape index (κ3) is 11.5. The molecule has 4 N–H and O–H groups in total. The van der Waals surface area contributed by atoms with Crippen LogP contribution in [-0.2, 0) is 52.8 Å². The number of aryl methyl sites for hydroxylation is 1. The number of hydrazine groups is 1.